The maximum Gasteiger partial charge on any atom is 0.254 e. The van der Waals surface area contributed by atoms with E-state index < -0.39 is 5.79 Å². The van der Waals surface area contributed by atoms with Crippen molar-refractivity contribution in [1.82, 2.24) is 9.80 Å². The largest absolute Gasteiger partial charge is 0.461 e. The number of ether oxygens (including phenoxy) is 2. The normalized spacial score (nSPS) is 26.1. The second-order valence-corrected chi connectivity index (χ2v) is 12.8. The Balaban J connectivity index is 1.39. The first-order chi connectivity index (χ1) is 19.5. The highest BCUT2D eigenvalue weighted by atomic mass is 16.7. The zero-order valence-corrected chi connectivity index (χ0v) is 25.5. The van der Waals surface area contributed by atoms with Crippen LogP contribution >= 0.6 is 0 Å². The van der Waals surface area contributed by atoms with E-state index >= 15 is 0 Å². The van der Waals surface area contributed by atoms with Crippen LogP contribution in [-0.4, -0.2) is 60.5 Å². The van der Waals surface area contributed by atoms with Gasteiger partial charge in [-0.15, -0.1) is 0 Å². The van der Waals surface area contributed by atoms with Gasteiger partial charge in [-0.05, 0) is 97.2 Å². The molecule has 1 amide bonds. The van der Waals surface area contributed by atoms with Gasteiger partial charge in [-0.1, -0.05) is 11.6 Å². The fraction of sp³-hybridized carbons (Fsp3) is 0.529. The monoisotopic (exact) mass is 558 g/mol. The van der Waals surface area contributed by atoms with Crippen LogP contribution in [0, 0.1) is 19.8 Å². The molecule has 0 saturated heterocycles. The molecule has 1 atom stereocenters. The SMILES string of the molecule is CC1=CC(C)=C(CN2CCc3c(c(C)c4c(c3-c3ccc(C)o3)OC(C)(C3CCC(N(C)C)CC3)O4)C2=O)C(=O)C1. The molecule has 3 heterocycles. The third-order valence-electron chi connectivity index (χ3n) is 9.71. The molecule has 1 fully saturated rings. The Hall–Kier alpha value is -3.32. The van der Waals surface area contributed by atoms with Crippen molar-refractivity contribution in [3.8, 4) is 22.8 Å². The minimum Gasteiger partial charge on any atom is -0.461 e. The molecule has 6 rings (SSSR count). The molecule has 1 aromatic carbocycles. The second kappa shape index (κ2) is 10.2. The molecule has 41 heavy (non-hydrogen) atoms. The van der Waals surface area contributed by atoms with Crippen LogP contribution in [0.4, 0.5) is 0 Å². The van der Waals surface area contributed by atoms with Crippen molar-refractivity contribution in [2.75, 3.05) is 27.2 Å². The molecule has 4 aliphatic rings. The van der Waals surface area contributed by atoms with E-state index in [4.69, 9.17) is 13.9 Å². The molecule has 2 aliphatic heterocycles. The molecule has 1 saturated carbocycles. The molecular weight excluding hydrogens is 516 g/mol. The lowest BCUT2D eigenvalue weighted by Gasteiger charge is -2.39. The van der Waals surface area contributed by atoms with Crippen LogP contribution in [0.2, 0.25) is 0 Å². The maximum absolute atomic E-state index is 14.2. The molecular formula is C34H42N2O5. The first-order valence-electron chi connectivity index (χ1n) is 15.0. The summed E-state index contributed by atoms with van der Waals surface area (Å²) in [7, 11) is 4.30. The minimum absolute atomic E-state index is 0.0702. The molecule has 0 bridgehead atoms. The van der Waals surface area contributed by atoms with E-state index in [1.165, 1.54) is 0 Å². The number of nitrogens with zero attached hydrogens (tertiary/aromatic N) is 2. The molecule has 2 aliphatic carbocycles. The Morgan fingerprint density at radius 3 is 2.32 bits per heavy atom. The number of aryl methyl sites for hydroxylation is 1. The van der Waals surface area contributed by atoms with E-state index in [1.54, 1.807) is 0 Å². The van der Waals surface area contributed by atoms with E-state index in [0.717, 1.165) is 64.9 Å². The number of carbonyl (C=O) groups is 2. The molecule has 7 heteroatoms. The summed E-state index contributed by atoms with van der Waals surface area (Å²) in [5.74, 6) is 2.30. The van der Waals surface area contributed by atoms with Crippen molar-refractivity contribution in [3.05, 3.63) is 57.4 Å². The first kappa shape index (κ1) is 27.8. The smallest absolute Gasteiger partial charge is 0.254 e. The van der Waals surface area contributed by atoms with E-state index in [0.29, 0.717) is 54.8 Å². The lowest BCUT2D eigenvalue weighted by molar-refractivity contribution is -0.123. The number of allylic oxidation sites excluding steroid dienone is 3. The van der Waals surface area contributed by atoms with Crippen molar-refractivity contribution >= 4 is 11.7 Å². The van der Waals surface area contributed by atoms with E-state index in [9.17, 15) is 9.59 Å². The topological polar surface area (TPSA) is 72.2 Å². The number of carbonyl (C=O) groups excluding carboxylic acids is 2. The van der Waals surface area contributed by atoms with E-state index in [2.05, 4.69) is 32.0 Å². The van der Waals surface area contributed by atoms with Crippen molar-refractivity contribution in [2.24, 2.45) is 5.92 Å². The highest BCUT2D eigenvalue weighted by molar-refractivity contribution is 6.04. The first-order valence-corrected chi connectivity index (χ1v) is 15.0. The quantitative estimate of drug-likeness (QED) is 0.423. The number of Topliss-reactive ketones (excluding diaryl/α,β-unsaturated/α-hetero) is 1. The van der Waals surface area contributed by atoms with Crippen LogP contribution in [0.5, 0.6) is 11.5 Å². The average molecular weight is 559 g/mol. The van der Waals surface area contributed by atoms with Crippen LogP contribution in [0.1, 0.15) is 80.1 Å². The Bertz CT molecular complexity index is 1490. The molecule has 0 spiro atoms. The van der Waals surface area contributed by atoms with Gasteiger partial charge >= 0.3 is 0 Å². The van der Waals surface area contributed by atoms with Gasteiger partial charge in [0.25, 0.3) is 11.7 Å². The zero-order chi connectivity index (χ0) is 29.2. The molecule has 0 N–H and O–H groups in total. The fourth-order valence-corrected chi connectivity index (χ4v) is 7.33. The van der Waals surface area contributed by atoms with Crippen LogP contribution in [0.25, 0.3) is 11.3 Å². The van der Waals surface area contributed by atoms with Gasteiger partial charge in [-0.2, -0.15) is 0 Å². The third kappa shape index (κ3) is 4.72. The summed E-state index contributed by atoms with van der Waals surface area (Å²) >= 11 is 0. The highest BCUT2D eigenvalue weighted by Crippen LogP contribution is 2.55. The van der Waals surface area contributed by atoms with Crippen molar-refractivity contribution < 1.29 is 23.5 Å². The Morgan fingerprint density at radius 1 is 0.976 bits per heavy atom. The Morgan fingerprint density at radius 2 is 1.68 bits per heavy atom. The zero-order valence-electron chi connectivity index (χ0n) is 25.5. The molecule has 1 aromatic heterocycles. The minimum atomic E-state index is -0.811. The van der Waals surface area contributed by atoms with Gasteiger partial charge in [0.05, 0.1) is 11.1 Å². The molecule has 218 valence electrons. The summed E-state index contributed by atoms with van der Waals surface area (Å²) in [6.45, 7) is 10.7. The van der Waals surface area contributed by atoms with Gasteiger partial charge in [0.15, 0.2) is 17.3 Å². The lowest BCUT2D eigenvalue weighted by atomic mass is 9.81. The number of amides is 1. The highest BCUT2D eigenvalue weighted by Gasteiger charge is 2.49. The molecule has 1 unspecified atom stereocenters. The van der Waals surface area contributed by atoms with Crippen LogP contribution < -0.4 is 9.47 Å². The predicted octanol–water partition coefficient (Wildman–Crippen LogP) is 6.41. The number of hydrogen-bond acceptors (Lipinski definition) is 6. The third-order valence-corrected chi connectivity index (χ3v) is 9.71. The van der Waals surface area contributed by atoms with Gasteiger partial charge in [0, 0.05) is 49.5 Å². The van der Waals surface area contributed by atoms with Crippen molar-refractivity contribution in [1.29, 1.82) is 0 Å². The summed E-state index contributed by atoms with van der Waals surface area (Å²) in [6.07, 6.45) is 7.37. The fourth-order valence-electron chi connectivity index (χ4n) is 7.33. The van der Waals surface area contributed by atoms with E-state index in [1.807, 2.05) is 44.7 Å². The van der Waals surface area contributed by atoms with Crippen molar-refractivity contribution in [3.63, 3.8) is 0 Å². The summed E-state index contributed by atoms with van der Waals surface area (Å²) in [5.41, 5.74) is 5.97. The average Bonchev–Trinajstić information content (AvgIpc) is 3.51. The number of ketones is 1. The summed E-state index contributed by atoms with van der Waals surface area (Å²) in [5, 5.41) is 0. The summed E-state index contributed by atoms with van der Waals surface area (Å²) < 4.78 is 19.7. The molecule has 0 radical (unpaired) electrons. The summed E-state index contributed by atoms with van der Waals surface area (Å²) in [4.78, 5) is 31.2. The van der Waals surface area contributed by atoms with E-state index in [-0.39, 0.29) is 17.6 Å². The van der Waals surface area contributed by atoms with Gasteiger partial charge in [0.1, 0.15) is 11.5 Å². The van der Waals surface area contributed by atoms with Crippen LogP contribution in [-0.2, 0) is 11.2 Å². The van der Waals surface area contributed by atoms with Gasteiger partial charge < -0.3 is 23.7 Å². The lowest BCUT2D eigenvalue weighted by Crippen LogP contribution is -2.46. The number of fused-ring (bicyclic) bond motifs is 2. The number of benzene rings is 1. The standard InChI is InChI=1S/C34H42N2O5/c1-19-16-20(2)26(27(37)17-19)18-36-15-14-25-29(33(36)38)22(4)31-32(30(25)28-13-8-21(3)39-28)41-34(5,40-31)23-9-11-24(12-10-23)35(6)7/h8,13,16,23-24H,9-12,14-15,17-18H2,1-7H3. The Labute approximate surface area is 243 Å². The molecule has 7 nitrogen and oxygen atoms in total. The molecule has 2 aromatic rings. The maximum atomic E-state index is 14.2. The number of furan rings is 1. The Kier molecular flexibility index (Phi) is 6.92. The predicted molar refractivity (Wildman–Crippen MR) is 158 cm³/mol. The number of rotatable bonds is 5. The number of hydrogen-bond donors (Lipinski definition) is 0. The second-order valence-electron chi connectivity index (χ2n) is 12.8. The van der Waals surface area contributed by atoms with Crippen LogP contribution in [0.3, 0.4) is 0 Å². The van der Waals surface area contributed by atoms with Gasteiger partial charge in [-0.3, -0.25) is 9.59 Å². The summed E-state index contributed by atoms with van der Waals surface area (Å²) in [6, 6.07) is 4.48. The van der Waals surface area contributed by atoms with Crippen molar-refractivity contribution in [2.45, 2.75) is 85.0 Å². The van der Waals surface area contributed by atoms with Gasteiger partial charge in [0.2, 0.25) is 0 Å². The van der Waals surface area contributed by atoms with Gasteiger partial charge in [-0.25, -0.2) is 0 Å². The van der Waals surface area contributed by atoms with Crippen LogP contribution in [0.15, 0.2) is 39.3 Å².